The van der Waals surface area contributed by atoms with Crippen LogP contribution in [0.25, 0.3) is 0 Å². The summed E-state index contributed by atoms with van der Waals surface area (Å²) in [6.07, 6.45) is 3.55. The van der Waals surface area contributed by atoms with Crippen LogP contribution >= 0.6 is 0 Å². The highest BCUT2D eigenvalue weighted by Gasteiger charge is 2.17. The zero-order valence-electron chi connectivity index (χ0n) is 13.8. The van der Waals surface area contributed by atoms with Crippen LogP contribution in [0, 0.1) is 0 Å². The van der Waals surface area contributed by atoms with Crippen LogP contribution in [0.15, 0.2) is 42.6 Å². The van der Waals surface area contributed by atoms with E-state index in [2.05, 4.69) is 26.9 Å². The number of primary amides is 1. The van der Waals surface area contributed by atoms with Gasteiger partial charge in [0.25, 0.3) is 0 Å². The average molecular weight is 325 g/mol. The lowest BCUT2D eigenvalue weighted by molar-refractivity contribution is -0.119. The molecule has 1 amide bonds. The second-order valence-electron chi connectivity index (χ2n) is 6.08. The molecule has 0 unspecified atom stereocenters. The lowest BCUT2D eigenvalue weighted by Gasteiger charge is -2.22. The number of carbonyl (C=O) groups is 1. The van der Waals surface area contributed by atoms with E-state index in [-0.39, 0.29) is 5.91 Å². The molecule has 2 N–H and O–H groups in total. The van der Waals surface area contributed by atoms with Crippen LogP contribution in [-0.2, 0) is 11.2 Å². The van der Waals surface area contributed by atoms with Gasteiger partial charge in [0.05, 0.1) is 6.54 Å². The number of anilines is 1. The molecule has 1 saturated heterocycles. The molecular weight excluding hydrogens is 302 g/mol. The van der Waals surface area contributed by atoms with Crippen molar-refractivity contribution >= 4 is 11.7 Å². The molecule has 2 aromatic rings. The summed E-state index contributed by atoms with van der Waals surface area (Å²) in [5, 5.41) is 0. The molecule has 0 aliphatic carbocycles. The molecule has 1 aromatic heterocycles. The lowest BCUT2D eigenvalue weighted by atomic mass is 10.1. The van der Waals surface area contributed by atoms with Gasteiger partial charge in [-0.25, -0.2) is 9.97 Å². The molecule has 1 aliphatic heterocycles. The number of nitrogens with zero attached hydrogens (tertiary/aromatic N) is 4. The molecule has 24 heavy (non-hydrogen) atoms. The normalized spacial score (nSPS) is 15.9. The Balaban J connectivity index is 1.66. The van der Waals surface area contributed by atoms with Crippen LogP contribution < -0.4 is 10.6 Å². The van der Waals surface area contributed by atoms with Crippen molar-refractivity contribution < 1.29 is 4.79 Å². The highest BCUT2D eigenvalue weighted by Crippen LogP contribution is 2.15. The highest BCUT2D eigenvalue weighted by molar-refractivity contribution is 5.75. The molecule has 1 aromatic carbocycles. The summed E-state index contributed by atoms with van der Waals surface area (Å²) in [7, 11) is 0. The molecule has 3 rings (SSSR count). The van der Waals surface area contributed by atoms with E-state index in [9.17, 15) is 4.79 Å². The summed E-state index contributed by atoms with van der Waals surface area (Å²) in [5.41, 5.74) is 6.51. The van der Waals surface area contributed by atoms with Crippen molar-refractivity contribution in [1.29, 1.82) is 0 Å². The van der Waals surface area contributed by atoms with Crippen LogP contribution in [0.2, 0.25) is 0 Å². The standard InChI is InChI=1S/C18H23N5O/c19-16(24)14-22-9-4-10-23(12-11-22)18-7-8-20-17(21-18)13-15-5-2-1-3-6-15/h1-3,5-8H,4,9-14H2,(H2,19,24). The van der Waals surface area contributed by atoms with Crippen molar-refractivity contribution in [2.75, 3.05) is 37.6 Å². The van der Waals surface area contributed by atoms with E-state index >= 15 is 0 Å². The van der Waals surface area contributed by atoms with Crippen LogP contribution in [0.4, 0.5) is 5.82 Å². The van der Waals surface area contributed by atoms with E-state index < -0.39 is 0 Å². The molecular formula is C18H23N5O. The van der Waals surface area contributed by atoms with Crippen LogP contribution in [0.3, 0.4) is 0 Å². The van der Waals surface area contributed by atoms with E-state index in [0.29, 0.717) is 6.54 Å². The fourth-order valence-corrected chi connectivity index (χ4v) is 3.01. The number of aromatic nitrogens is 2. The summed E-state index contributed by atoms with van der Waals surface area (Å²) in [6, 6.07) is 12.2. The first-order valence-corrected chi connectivity index (χ1v) is 8.32. The van der Waals surface area contributed by atoms with Crippen LogP contribution in [0.1, 0.15) is 17.8 Å². The summed E-state index contributed by atoms with van der Waals surface area (Å²) >= 11 is 0. The van der Waals surface area contributed by atoms with Gasteiger partial charge < -0.3 is 10.6 Å². The maximum Gasteiger partial charge on any atom is 0.231 e. The van der Waals surface area contributed by atoms with E-state index in [1.165, 1.54) is 5.56 Å². The fourth-order valence-electron chi connectivity index (χ4n) is 3.01. The van der Waals surface area contributed by atoms with Crippen molar-refractivity contribution in [3.05, 3.63) is 54.0 Å². The average Bonchev–Trinajstić information content (AvgIpc) is 2.81. The Bertz CT molecular complexity index is 676. The van der Waals surface area contributed by atoms with E-state index in [0.717, 1.165) is 50.7 Å². The SMILES string of the molecule is NC(=O)CN1CCCN(c2ccnc(Cc3ccccc3)n2)CC1. The van der Waals surface area contributed by atoms with Crippen LogP contribution in [0.5, 0.6) is 0 Å². The number of hydrogen-bond donors (Lipinski definition) is 1. The molecule has 2 heterocycles. The number of amides is 1. The van der Waals surface area contributed by atoms with Gasteiger partial charge >= 0.3 is 0 Å². The molecule has 0 saturated carbocycles. The maximum atomic E-state index is 11.1. The number of carbonyl (C=O) groups excluding carboxylic acids is 1. The van der Waals surface area contributed by atoms with Crippen LogP contribution in [-0.4, -0.2) is 53.5 Å². The molecule has 0 radical (unpaired) electrons. The maximum absolute atomic E-state index is 11.1. The zero-order valence-corrected chi connectivity index (χ0v) is 13.8. The molecule has 1 aliphatic rings. The minimum atomic E-state index is -0.268. The molecule has 0 bridgehead atoms. The quantitative estimate of drug-likeness (QED) is 0.890. The van der Waals surface area contributed by atoms with Crippen molar-refractivity contribution in [1.82, 2.24) is 14.9 Å². The van der Waals surface area contributed by atoms with Gasteiger partial charge in [-0.05, 0) is 18.1 Å². The van der Waals surface area contributed by atoms with Crippen molar-refractivity contribution in [2.24, 2.45) is 5.73 Å². The summed E-state index contributed by atoms with van der Waals surface area (Å²) in [6.45, 7) is 3.81. The molecule has 6 nitrogen and oxygen atoms in total. The predicted molar refractivity (Wildman–Crippen MR) is 93.7 cm³/mol. The van der Waals surface area contributed by atoms with E-state index in [1.807, 2.05) is 30.5 Å². The number of rotatable bonds is 5. The first-order valence-electron chi connectivity index (χ1n) is 8.32. The van der Waals surface area contributed by atoms with E-state index in [4.69, 9.17) is 10.7 Å². The minimum Gasteiger partial charge on any atom is -0.369 e. The molecule has 1 fully saturated rings. The van der Waals surface area contributed by atoms with Gasteiger partial charge in [0.1, 0.15) is 11.6 Å². The second kappa shape index (κ2) is 7.88. The highest BCUT2D eigenvalue weighted by atomic mass is 16.1. The van der Waals surface area contributed by atoms with Gasteiger partial charge in [0.2, 0.25) is 5.91 Å². The first-order chi connectivity index (χ1) is 11.7. The van der Waals surface area contributed by atoms with Crippen molar-refractivity contribution in [3.8, 4) is 0 Å². The zero-order chi connectivity index (χ0) is 16.8. The molecule has 0 atom stereocenters. The monoisotopic (exact) mass is 325 g/mol. The Labute approximate surface area is 142 Å². The fraction of sp³-hybridized carbons (Fsp3) is 0.389. The summed E-state index contributed by atoms with van der Waals surface area (Å²) < 4.78 is 0. The van der Waals surface area contributed by atoms with Crippen molar-refractivity contribution in [2.45, 2.75) is 12.8 Å². The third-order valence-corrected chi connectivity index (χ3v) is 4.19. The van der Waals surface area contributed by atoms with Gasteiger partial charge in [0, 0.05) is 38.8 Å². The predicted octanol–water partition coefficient (Wildman–Crippen LogP) is 1.06. The topological polar surface area (TPSA) is 75.4 Å². The number of benzene rings is 1. The summed E-state index contributed by atoms with van der Waals surface area (Å²) in [5.74, 6) is 1.52. The Morgan fingerprint density at radius 1 is 1.08 bits per heavy atom. The third kappa shape index (κ3) is 4.52. The van der Waals surface area contributed by atoms with Gasteiger partial charge in [-0.1, -0.05) is 30.3 Å². The Morgan fingerprint density at radius 3 is 2.71 bits per heavy atom. The minimum absolute atomic E-state index is 0.268. The van der Waals surface area contributed by atoms with Gasteiger partial charge in [-0.3, -0.25) is 9.69 Å². The van der Waals surface area contributed by atoms with Crippen molar-refractivity contribution in [3.63, 3.8) is 0 Å². The van der Waals surface area contributed by atoms with Gasteiger partial charge in [-0.15, -0.1) is 0 Å². The second-order valence-corrected chi connectivity index (χ2v) is 6.08. The first kappa shape index (κ1) is 16.4. The third-order valence-electron chi connectivity index (χ3n) is 4.19. The Morgan fingerprint density at radius 2 is 1.92 bits per heavy atom. The van der Waals surface area contributed by atoms with E-state index in [1.54, 1.807) is 0 Å². The molecule has 0 spiro atoms. The molecule has 126 valence electrons. The Kier molecular flexibility index (Phi) is 5.38. The number of nitrogens with two attached hydrogens (primary N) is 1. The summed E-state index contributed by atoms with van der Waals surface area (Å²) in [4.78, 5) is 24.6. The smallest absolute Gasteiger partial charge is 0.231 e. The number of hydrogen-bond acceptors (Lipinski definition) is 5. The lowest BCUT2D eigenvalue weighted by Crippen LogP contribution is -2.36. The Hall–Kier alpha value is -2.47. The van der Waals surface area contributed by atoms with Gasteiger partial charge in [0.15, 0.2) is 0 Å². The van der Waals surface area contributed by atoms with Gasteiger partial charge in [-0.2, -0.15) is 0 Å². The largest absolute Gasteiger partial charge is 0.369 e. The molecule has 6 heteroatoms.